The third-order valence-electron chi connectivity index (χ3n) is 4.34. The van der Waals surface area contributed by atoms with Gasteiger partial charge in [0.1, 0.15) is 6.54 Å². The van der Waals surface area contributed by atoms with Gasteiger partial charge in [0, 0.05) is 27.3 Å². The number of carbonyl (C=O) groups is 3. The van der Waals surface area contributed by atoms with Crippen molar-refractivity contribution in [2.24, 2.45) is 0 Å². The molecule has 0 bridgehead atoms. The first-order valence-electron chi connectivity index (χ1n) is 9.07. The van der Waals surface area contributed by atoms with Crippen molar-refractivity contribution in [3.05, 3.63) is 64.3 Å². The lowest BCUT2D eigenvalue weighted by atomic mass is 10.1. The zero-order chi connectivity index (χ0) is 22.8. The predicted molar refractivity (Wildman–Crippen MR) is 111 cm³/mol. The third kappa shape index (κ3) is 5.13. The predicted octanol–water partition coefficient (Wildman–Crippen LogP) is 4.96. The standard InChI is InChI=1S/C21H16BrF3N2O4/c1-2-31-20(30)12-3-6-14(7-4-12)26-18(28)11-27-10-16(19(29)21(23,24)25)15-9-13(22)5-8-17(15)27/h3-10H,2,11H2,1H3,(H,26,28). The number of carbonyl (C=O) groups excluding carboxylic acids is 3. The molecule has 10 heteroatoms. The van der Waals surface area contributed by atoms with Gasteiger partial charge in [0.2, 0.25) is 5.91 Å². The lowest BCUT2D eigenvalue weighted by Crippen LogP contribution is -2.22. The maximum atomic E-state index is 13.0. The Labute approximate surface area is 183 Å². The number of ketones is 1. The zero-order valence-electron chi connectivity index (χ0n) is 16.1. The van der Waals surface area contributed by atoms with Crippen LogP contribution < -0.4 is 5.32 Å². The Hall–Kier alpha value is -3.14. The Bertz CT molecular complexity index is 1150. The summed E-state index contributed by atoms with van der Waals surface area (Å²) in [5, 5.41) is 2.69. The normalized spacial score (nSPS) is 11.4. The van der Waals surface area contributed by atoms with E-state index in [9.17, 15) is 27.6 Å². The van der Waals surface area contributed by atoms with Gasteiger partial charge in [-0.15, -0.1) is 0 Å². The summed E-state index contributed by atoms with van der Waals surface area (Å²) in [6.07, 6.45) is -4.01. The summed E-state index contributed by atoms with van der Waals surface area (Å²) in [5.74, 6) is -2.99. The molecular formula is C21H16BrF3N2O4. The molecule has 0 unspecified atom stereocenters. The van der Waals surface area contributed by atoms with Gasteiger partial charge in [-0.25, -0.2) is 4.79 Å². The highest BCUT2D eigenvalue weighted by atomic mass is 79.9. The van der Waals surface area contributed by atoms with Crippen molar-refractivity contribution in [2.75, 3.05) is 11.9 Å². The first kappa shape index (κ1) is 22.5. The first-order chi connectivity index (χ1) is 14.6. The molecule has 1 N–H and O–H groups in total. The molecule has 0 aliphatic carbocycles. The molecular weight excluding hydrogens is 481 g/mol. The molecule has 0 aliphatic heterocycles. The number of Topliss-reactive ketones (excluding diaryl/α,β-unsaturated/α-hetero) is 1. The molecule has 0 fully saturated rings. The molecule has 0 atom stereocenters. The molecule has 6 nitrogen and oxygen atoms in total. The van der Waals surface area contributed by atoms with E-state index in [0.717, 1.165) is 6.20 Å². The van der Waals surface area contributed by atoms with Crippen LogP contribution in [0.1, 0.15) is 27.6 Å². The lowest BCUT2D eigenvalue weighted by Gasteiger charge is -2.08. The Kier molecular flexibility index (Phi) is 6.49. The molecule has 1 amide bonds. The number of hydrogen-bond donors (Lipinski definition) is 1. The van der Waals surface area contributed by atoms with Crippen molar-refractivity contribution >= 4 is 50.2 Å². The second kappa shape index (κ2) is 8.93. The number of anilines is 1. The number of esters is 1. The minimum atomic E-state index is -5.04. The number of aromatic nitrogens is 1. The summed E-state index contributed by atoms with van der Waals surface area (Å²) in [5.41, 5.74) is 0.486. The minimum absolute atomic E-state index is 0.0864. The molecule has 0 saturated carbocycles. The highest BCUT2D eigenvalue weighted by Gasteiger charge is 2.41. The number of alkyl halides is 3. The van der Waals surface area contributed by atoms with E-state index < -0.39 is 29.4 Å². The van der Waals surface area contributed by atoms with Crippen molar-refractivity contribution in [3.63, 3.8) is 0 Å². The monoisotopic (exact) mass is 496 g/mol. The molecule has 162 valence electrons. The Morgan fingerprint density at radius 3 is 2.39 bits per heavy atom. The average molecular weight is 497 g/mol. The van der Waals surface area contributed by atoms with Crippen LogP contribution in [0.2, 0.25) is 0 Å². The summed E-state index contributed by atoms with van der Waals surface area (Å²) < 4.78 is 45.6. The molecule has 31 heavy (non-hydrogen) atoms. The quantitative estimate of drug-likeness (QED) is 0.386. The number of nitrogens with zero attached hydrogens (tertiary/aromatic N) is 1. The second-order valence-electron chi connectivity index (χ2n) is 6.51. The van der Waals surface area contributed by atoms with E-state index in [0.29, 0.717) is 21.2 Å². The van der Waals surface area contributed by atoms with Gasteiger partial charge in [-0.2, -0.15) is 13.2 Å². The highest BCUT2D eigenvalue weighted by molar-refractivity contribution is 9.10. The van der Waals surface area contributed by atoms with Crippen molar-refractivity contribution in [2.45, 2.75) is 19.6 Å². The molecule has 1 aromatic heterocycles. The van der Waals surface area contributed by atoms with E-state index in [2.05, 4.69) is 21.2 Å². The zero-order valence-corrected chi connectivity index (χ0v) is 17.7. The molecule has 1 heterocycles. The smallest absolute Gasteiger partial charge is 0.454 e. The number of amides is 1. The Balaban J connectivity index is 1.82. The van der Waals surface area contributed by atoms with Crippen molar-refractivity contribution < 1.29 is 32.3 Å². The summed E-state index contributed by atoms with van der Waals surface area (Å²) in [6.45, 7) is 1.60. The Morgan fingerprint density at radius 1 is 1.10 bits per heavy atom. The van der Waals surface area contributed by atoms with E-state index in [-0.39, 0.29) is 18.5 Å². The minimum Gasteiger partial charge on any atom is -0.462 e. The highest BCUT2D eigenvalue weighted by Crippen LogP contribution is 2.30. The summed E-state index contributed by atoms with van der Waals surface area (Å²) in [7, 11) is 0. The largest absolute Gasteiger partial charge is 0.462 e. The van der Waals surface area contributed by atoms with Gasteiger partial charge >= 0.3 is 12.1 Å². The molecule has 3 rings (SSSR count). The van der Waals surface area contributed by atoms with E-state index >= 15 is 0 Å². The van der Waals surface area contributed by atoms with Gasteiger partial charge in [0.05, 0.1) is 17.7 Å². The Morgan fingerprint density at radius 2 is 1.77 bits per heavy atom. The van der Waals surface area contributed by atoms with Crippen molar-refractivity contribution in [1.82, 2.24) is 4.57 Å². The first-order valence-corrected chi connectivity index (χ1v) is 9.86. The van der Waals surface area contributed by atoms with Crippen LogP contribution in [0.5, 0.6) is 0 Å². The van der Waals surface area contributed by atoms with Crippen LogP contribution >= 0.6 is 15.9 Å². The molecule has 0 aliphatic rings. The summed E-state index contributed by atoms with van der Waals surface area (Å²) in [6, 6.07) is 10.5. The topological polar surface area (TPSA) is 77.4 Å². The van der Waals surface area contributed by atoms with Crippen molar-refractivity contribution in [3.8, 4) is 0 Å². The van der Waals surface area contributed by atoms with Crippen LogP contribution in [0.3, 0.4) is 0 Å². The molecule has 2 aromatic carbocycles. The van der Waals surface area contributed by atoms with Gasteiger partial charge in [0.15, 0.2) is 0 Å². The maximum absolute atomic E-state index is 13.0. The van der Waals surface area contributed by atoms with Gasteiger partial charge in [-0.05, 0) is 49.4 Å². The van der Waals surface area contributed by atoms with Crippen LogP contribution in [0, 0.1) is 0 Å². The van der Waals surface area contributed by atoms with E-state index in [1.165, 1.54) is 41.0 Å². The second-order valence-corrected chi connectivity index (χ2v) is 7.42. The SMILES string of the molecule is CCOC(=O)c1ccc(NC(=O)Cn2cc(C(=O)C(F)(F)F)c3cc(Br)ccc32)cc1. The van der Waals surface area contributed by atoms with Crippen LogP contribution in [-0.4, -0.2) is 35.0 Å². The van der Waals surface area contributed by atoms with E-state index in [1.807, 2.05) is 0 Å². The maximum Gasteiger partial charge on any atom is 0.454 e. The molecule has 3 aromatic rings. The van der Waals surface area contributed by atoms with E-state index in [4.69, 9.17) is 4.74 Å². The van der Waals surface area contributed by atoms with Crippen LogP contribution in [-0.2, 0) is 16.1 Å². The molecule has 0 saturated heterocycles. The van der Waals surface area contributed by atoms with E-state index in [1.54, 1.807) is 13.0 Å². The fourth-order valence-electron chi connectivity index (χ4n) is 2.99. The lowest BCUT2D eigenvalue weighted by molar-refractivity contribution is -0.116. The molecule has 0 radical (unpaired) electrons. The van der Waals surface area contributed by atoms with Crippen LogP contribution in [0.15, 0.2) is 53.1 Å². The molecule has 0 spiro atoms. The number of hydrogen-bond acceptors (Lipinski definition) is 4. The number of rotatable bonds is 6. The number of benzene rings is 2. The van der Waals surface area contributed by atoms with Gasteiger partial charge in [-0.1, -0.05) is 15.9 Å². The fourth-order valence-corrected chi connectivity index (χ4v) is 3.35. The number of nitrogens with one attached hydrogen (secondary N) is 1. The summed E-state index contributed by atoms with van der Waals surface area (Å²) in [4.78, 5) is 35.9. The third-order valence-corrected chi connectivity index (χ3v) is 4.83. The average Bonchev–Trinajstić information content (AvgIpc) is 3.04. The number of fused-ring (bicyclic) bond motifs is 1. The van der Waals surface area contributed by atoms with Crippen LogP contribution in [0.25, 0.3) is 10.9 Å². The number of ether oxygens (including phenoxy) is 1. The van der Waals surface area contributed by atoms with Crippen molar-refractivity contribution in [1.29, 1.82) is 0 Å². The number of halogens is 4. The van der Waals surface area contributed by atoms with Gasteiger partial charge in [0.25, 0.3) is 5.78 Å². The van der Waals surface area contributed by atoms with Gasteiger partial charge in [-0.3, -0.25) is 9.59 Å². The van der Waals surface area contributed by atoms with Crippen LogP contribution in [0.4, 0.5) is 18.9 Å². The van der Waals surface area contributed by atoms with Gasteiger partial charge < -0.3 is 14.6 Å². The summed E-state index contributed by atoms with van der Waals surface area (Å²) >= 11 is 3.18. The fraction of sp³-hybridized carbons (Fsp3) is 0.190.